The maximum Gasteiger partial charge on any atom is 0.266 e. The van der Waals surface area contributed by atoms with E-state index in [9.17, 15) is 23.4 Å². The largest absolute Gasteiger partial charge is 0.393 e. The van der Waals surface area contributed by atoms with Gasteiger partial charge in [-0.1, -0.05) is 20.8 Å². The number of hydrogen-bond acceptors (Lipinski definition) is 5. The molecule has 0 aromatic heterocycles. The molecule has 4 aliphatic carbocycles. The number of rotatable bonds is 7. The van der Waals surface area contributed by atoms with Crippen LogP contribution in [-0.4, -0.2) is 65.5 Å². The van der Waals surface area contributed by atoms with Crippen LogP contribution in [0.4, 0.5) is 0 Å². The van der Waals surface area contributed by atoms with Gasteiger partial charge >= 0.3 is 0 Å². The quantitative estimate of drug-likeness (QED) is 0.447. The predicted molar refractivity (Wildman–Crippen MR) is 135 cm³/mol. The lowest BCUT2D eigenvalue weighted by molar-refractivity contribution is -0.175. The summed E-state index contributed by atoms with van der Waals surface area (Å²) in [5.41, 5.74) is 0.102. The summed E-state index contributed by atoms with van der Waals surface area (Å²) in [5, 5.41) is 21.9. The van der Waals surface area contributed by atoms with Crippen LogP contribution in [-0.2, 0) is 14.9 Å². The van der Waals surface area contributed by atoms with Crippen LogP contribution in [0.5, 0.6) is 0 Å². The van der Waals surface area contributed by atoms with E-state index >= 15 is 0 Å². The van der Waals surface area contributed by atoms with Crippen LogP contribution < -0.4 is 0 Å². The molecule has 4 fully saturated rings. The smallest absolute Gasteiger partial charge is 0.266 e. The van der Waals surface area contributed by atoms with E-state index in [1.165, 1.54) is 17.7 Å². The maximum atomic E-state index is 12.6. The molecular weight excluding hydrogens is 466 g/mol. The molecule has 10 atom stereocenters. The molecule has 3 N–H and O–H groups in total. The van der Waals surface area contributed by atoms with Crippen LogP contribution in [0.2, 0.25) is 0 Å². The molecule has 0 saturated heterocycles. The number of fused-ring (bicyclic) bond motifs is 5. The van der Waals surface area contributed by atoms with E-state index in [0.29, 0.717) is 41.9 Å². The van der Waals surface area contributed by atoms with E-state index in [1.807, 2.05) is 0 Å². The van der Waals surface area contributed by atoms with E-state index in [4.69, 9.17) is 4.55 Å². The molecule has 0 aromatic rings. The minimum absolute atomic E-state index is 0.00611. The lowest BCUT2D eigenvalue weighted by Gasteiger charge is -2.62. The Bertz CT molecular complexity index is 894. The summed E-state index contributed by atoms with van der Waals surface area (Å²) in [6.07, 6.45) is 8.98. The summed E-state index contributed by atoms with van der Waals surface area (Å²) in [6.45, 7) is 6.96. The van der Waals surface area contributed by atoms with Crippen molar-refractivity contribution in [2.24, 2.45) is 46.3 Å². The van der Waals surface area contributed by atoms with Crippen molar-refractivity contribution < 1.29 is 28.0 Å². The van der Waals surface area contributed by atoms with Crippen molar-refractivity contribution in [3.63, 3.8) is 0 Å². The molecule has 4 aliphatic rings. The molecule has 8 heteroatoms. The van der Waals surface area contributed by atoms with Crippen LogP contribution in [0.3, 0.4) is 0 Å². The molecule has 7 nitrogen and oxygen atoms in total. The van der Waals surface area contributed by atoms with E-state index in [-0.39, 0.29) is 35.5 Å². The van der Waals surface area contributed by atoms with E-state index in [0.717, 1.165) is 44.9 Å². The van der Waals surface area contributed by atoms with Crippen molar-refractivity contribution in [1.82, 2.24) is 4.90 Å². The zero-order valence-corrected chi connectivity index (χ0v) is 22.8. The fourth-order valence-electron chi connectivity index (χ4n) is 9.28. The van der Waals surface area contributed by atoms with Crippen molar-refractivity contribution >= 4 is 16.0 Å². The van der Waals surface area contributed by atoms with Gasteiger partial charge in [-0.3, -0.25) is 9.35 Å². The van der Waals surface area contributed by atoms with Gasteiger partial charge in [-0.25, -0.2) is 0 Å². The summed E-state index contributed by atoms with van der Waals surface area (Å²) in [4.78, 5) is 14.0. The summed E-state index contributed by atoms with van der Waals surface area (Å²) in [5.74, 6) is 2.39. The highest BCUT2D eigenvalue weighted by atomic mass is 32.2. The molecule has 202 valence electrons. The Morgan fingerprint density at radius 3 is 2.46 bits per heavy atom. The molecule has 4 rings (SSSR count). The second-order valence-electron chi connectivity index (χ2n) is 13.0. The predicted octanol–water partition coefficient (Wildman–Crippen LogP) is 3.74. The van der Waals surface area contributed by atoms with Gasteiger partial charge in [-0.15, -0.1) is 0 Å². The highest BCUT2D eigenvalue weighted by Gasteiger charge is 2.63. The molecule has 35 heavy (non-hydrogen) atoms. The first-order valence-electron chi connectivity index (χ1n) is 13.8. The van der Waals surface area contributed by atoms with Crippen molar-refractivity contribution in [1.29, 1.82) is 0 Å². The fourth-order valence-corrected chi connectivity index (χ4v) is 9.78. The minimum atomic E-state index is -4.08. The van der Waals surface area contributed by atoms with Gasteiger partial charge in [-0.2, -0.15) is 8.42 Å². The number of carbonyl (C=O) groups excluding carboxylic acids is 1. The molecule has 0 aliphatic heterocycles. The summed E-state index contributed by atoms with van der Waals surface area (Å²) >= 11 is 0. The molecule has 0 bridgehead atoms. The highest BCUT2D eigenvalue weighted by Crippen LogP contribution is 2.68. The summed E-state index contributed by atoms with van der Waals surface area (Å²) < 4.78 is 30.9. The SMILES string of the molecule is CC(CCC(=O)N(C)CCS(=O)(=O)O)C1CCC2C3CCC4CC(O)CCC4(C)C3CC(O)C12C. The fraction of sp³-hybridized carbons (Fsp3) is 0.963. The van der Waals surface area contributed by atoms with Crippen molar-refractivity contribution in [2.75, 3.05) is 19.3 Å². The van der Waals surface area contributed by atoms with Gasteiger partial charge in [0.1, 0.15) is 0 Å². The molecule has 0 heterocycles. The first-order valence-corrected chi connectivity index (χ1v) is 15.4. The molecule has 0 radical (unpaired) electrons. The first kappa shape index (κ1) is 27.3. The minimum Gasteiger partial charge on any atom is -0.393 e. The normalized spacial score (nSPS) is 44.1. The Balaban J connectivity index is 1.41. The van der Waals surface area contributed by atoms with Crippen LogP contribution in [0.25, 0.3) is 0 Å². The lowest BCUT2D eigenvalue weighted by Crippen LogP contribution is -2.58. The lowest BCUT2D eigenvalue weighted by atomic mass is 9.43. The third-order valence-corrected chi connectivity index (χ3v) is 12.1. The van der Waals surface area contributed by atoms with Crippen LogP contribution in [0, 0.1) is 46.3 Å². The summed E-state index contributed by atoms with van der Waals surface area (Å²) in [7, 11) is -2.50. The Labute approximate surface area is 211 Å². The van der Waals surface area contributed by atoms with E-state index < -0.39 is 15.9 Å². The molecule has 10 unspecified atom stereocenters. The average molecular weight is 514 g/mol. The number of amides is 1. The zero-order chi connectivity index (χ0) is 25.8. The Morgan fingerprint density at radius 1 is 1.06 bits per heavy atom. The third kappa shape index (κ3) is 5.06. The highest BCUT2D eigenvalue weighted by molar-refractivity contribution is 7.85. The molecule has 0 aromatic carbocycles. The van der Waals surface area contributed by atoms with Gasteiger partial charge < -0.3 is 15.1 Å². The number of nitrogens with zero attached hydrogens (tertiary/aromatic N) is 1. The standard InChI is InChI=1S/C27H47NO6S/c1-17(5-10-25(31)28(4)13-14-35(32,33)34)21-8-9-22-20-7-6-18-15-19(29)11-12-26(18,2)23(20)16-24(30)27(21,22)3/h17-24,29-30H,5-16H2,1-4H3,(H,32,33,34). The van der Waals surface area contributed by atoms with Gasteiger partial charge in [0.25, 0.3) is 10.1 Å². The average Bonchev–Trinajstić information content (AvgIpc) is 3.15. The zero-order valence-electron chi connectivity index (χ0n) is 22.0. The van der Waals surface area contributed by atoms with E-state index in [1.54, 1.807) is 7.05 Å². The number of carbonyl (C=O) groups is 1. The number of aliphatic hydroxyl groups is 2. The van der Waals surface area contributed by atoms with Gasteiger partial charge in [0.2, 0.25) is 5.91 Å². The van der Waals surface area contributed by atoms with Crippen molar-refractivity contribution in [3.8, 4) is 0 Å². The first-order chi connectivity index (χ1) is 16.3. The van der Waals surface area contributed by atoms with E-state index in [2.05, 4.69) is 20.8 Å². The Hall–Kier alpha value is -0.700. The van der Waals surface area contributed by atoms with Gasteiger partial charge in [-0.05, 0) is 104 Å². The molecular formula is C27H47NO6S. The van der Waals surface area contributed by atoms with Gasteiger partial charge in [0.15, 0.2) is 0 Å². The van der Waals surface area contributed by atoms with Gasteiger partial charge in [0.05, 0.1) is 18.0 Å². The molecule has 4 saturated carbocycles. The van der Waals surface area contributed by atoms with Crippen LogP contribution >= 0.6 is 0 Å². The summed E-state index contributed by atoms with van der Waals surface area (Å²) in [6, 6.07) is 0. The molecule has 0 spiro atoms. The second-order valence-corrected chi connectivity index (χ2v) is 14.6. The molecule has 1 amide bonds. The topological polar surface area (TPSA) is 115 Å². The van der Waals surface area contributed by atoms with Crippen molar-refractivity contribution in [3.05, 3.63) is 0 Å². The number of hydrogen-bond donors (Lipinski definition) is 3. The van der Waals surface area contributed by atoms with Crippen molar-refractivity contribution in [2.45, 2.75) is 97.2 Å². The van der Waals surface area contributed by atoms with Gasteiger partial charge in [0, 0.05) is 20.0 Å². The van der Waals surface area contributed by atoms with Crippen LogP contribution in [0.1, 0.15) is 85.0 Å². The third-order valence-electron chi connectivity index (χ3n) is 11.4. The second kappa shape index (κ2) is 9.88. The van der Waals surface area contributed by atoms with Crippen LogP contribution in [0.15, 0.2) is 0 Å². The monoisotopic (exact) mass is 513 g/mol. The maximum absolute atomic E-state index is 12.6. The Morgan fingerprint density at radius 2 is 1.77 bits per heavy atom. The Kier molecular flexibility index (Phi) is 7.72. The number of aliphatic hydroxyl groups excluding tert-OH is 2.